The third-order valence-corrected chi connectivity index (χ3v) is 3.33. The van der Waals surface area contributed by atoms with Crippen LogP contribution in [0.1, 0.15) is 0 Å². The highest BCUT2D eigenvalue weighted by molar-refractivity contribution is 4.87. The molecule has 2 heterocycles. The van der Waals surface area contributed by atoms with E-state index in [9.17, 15) is 0 Å². The van der Waals surface area contributed by atoms with E-state index in [0.29, 0.717) is 12.1 Å². The predicted octanol–water partition coefficient (Wildman–Crippen LogP) is -0.352. The fourth-order valence-corrected chi connectivity index (χ4v) is 2.22. The summed E-state index contributed by atoms with van der Waals surface area (Å²) in [4.78, 5) is 4.78. The summed E-state index contributed by atoms with van der Waals surface area (Å²) in [6, 6.07) is 0.989. The van der Waals surface area contributed by atoms with E-state index >= 15 is 0 Å². The highest BCUT2D eigenvalue weighted by Gasteiger charge is 2.32. The maximum Gasteiger partial charge on any atom is 0.0638 e. The van der Waals surface area contributed by atoms with Crippen molar-refractivity contribution >= 4 is 0 Å². The molecule has 2 rings (SSSR count). The van der Waals surface area contributed by atoms with Crippen molar-refractivity contribution in [3.05, 3.63) is 0 Å². The highest BCUT2D eigenvalue weighted by atomic mass is 16.5. The Hall–Kier alpha value is -0.160. The minimum atomic E-state index is 0.494. The maximum absolute atomic E-state index is 5.53. The Morgan fingerprint density at radius 3 is 1.64 bits per heavy atom. The van der Waals surface area contributed by atoms with Crippen molar-refractivity contribution < 1.29 is 9.47 Å². The first-order valence-electron chi connectivity index (χ1n) is 5.35. The van der Waals surface area contributed by atoms with Crippen LogP contribution >= 0.6 is 0 Å². The topological polar surface area (TPSA) is 24.9 Å². The summed E-state index contributed by atoms with van der Waals surface area (Å²) in [6.45, 7) is 5.49. The van der Waals surface area contributed by atoms with Gasteiger partial charge in [0.15, 0.2) is 0 Å². The van der Waals surface area contributed by atoms with Crippen LogP contribution in [0, 0.1) is 0 Å². The van der Waals surface area contributed by atoms with Crippen LogP contribution < -0.4 is 0 Å². The predicted molar refractivity (Wildman–Crippen MR) is 54.5 cm³/mol. The molecule has 0 bridgehead atoms. The second kappa shape index (κ2) is 4.57. The lowest BCUT2D eigenvalue weighted by molar-refractivity contribution is -0.0748. The number of rotatable bonds is 1. The van der Waals surface area contributed by atoms with Gasteiger partial charge in [-0.1, -0.05) is 0 Å². The molecular weight excluding hydrogens is 180 g/mol. The Morgan fingerprint density at radius 2 is 1.29 bits per heavy atom. The Kier molecular flexibility index (Phi) is 3.38. The number of hydrogen-bond donors (Lipinski definition) is 0. The lowest BCUT2D eigenvalue weighted by atomic mass is 10.1. The van der Waals surface area contributed by atoms with Gasteiger partial charge < -0.3 is 9.47 Å². The molecule has 0 aromatic rings. The summed E-state index contributed by atoms with van der Waals surface area (Å²) in [7, 11) is 4.35. The number of hydrogen-bond acceptors (Lipinski definition) is 4. The lowest BCUT2D eigenvalue weighted by Crippen LogP contribution is -2.59. The van der Waals surface area contributed by atoms with Gasteiger partial charge in [0, 0.05) is 13.1 Å². The van der Waals surface area contributed by atoms with Crippen LogP contribution in [-0.4, -0.2) is 75.5 Å². The van der Waals surface area contributed by atoms with Crippen LogP contribution in [0.15, 0.2) is 0 Å². The second-order valence-corrected chi connectivity index (χ2v) is 4.25. The first-order valence-corrected chi connectivity index (χ1v) is 5.35. The Labute approximate surface area is 85.8 Å². The Balaban J connectivity index is 1.96. The van der Waals surface area contributed by atoms with E-state index in [4.69, 9.17) is 9.47 Å². The number of likely N-dealkylation sites (N-methyl/N-ethyl adjacent to an activating group) is 2. The van der Waals surface area contributed by atoms with E-state index in [-0.39, 0.29) is 0 Å². The molecule has 4 heteroatoms. The number of morpholine rings is 2. The molecule has 0 N–H and O–H groups in total. The molecule has 0 aliphatic carbocycles. The van der Waals surface area contributed by atoms with Gasteiger partial charge in [-0.3, -0.25) is 9.80 Å². The van der Waals surface area contributed by atoms with E-state index in [0.717, 1.165) is 39.5 Å². The molecule has 4 nitrogen and oxygen atoms in total. The molecule has 0 saturated carbocycles. The minimum Gasteiger partial charge on any atom is -0.378 e. The molecule has 2 atom stereocenters. The Bertz CT molecular complexity index is 169. The van der Waals surface area contributed by atoms with E-state index in [1.54, 1.807) is 0 Å². The molecule has 2 aliphatic rings. The van der Waals surface area contributed by atoms with E-state index < -0.39 is 0 Å². The van der Waals surface area contributed by atoms with Gasteiger partial charge in [0.05, 0.1) is 38.5 Å². The summed E-state index contributed by atoms with van der Waals surface area (Å²) in [5.41, 5.74) is 0. The van der Waals surface area contributed by atoms with Crippen LogP contribution in [0.5, 0.6) is 0 Å². The van der Waals surface area contributed by atoms with Gasteiger partial charge >= 0.3 is 0 Å². The van der Waals surface area contributed by atoms with Crippen molar-refractivity contribution in [2.75, 3.05) is 53.6 Å². The minimum absolute atomic E-state index is 0.494. The normalized spacial score (nSPS) is 37.3. The molecule has 2 fully saturated rings. The molecule has 2 saturated heterocycles. The molecule has 14 heavy (non-hydrogen) atoms. The van der Waals surface area contributed by atoms with Crippen molar-refractivity contribution in [2.45, 2.75) is 12.1 Å². The van der Waals surface area contributed by atoms with Crippen molar-refractivity contribution in [2.24, 2.45) is 0 Å². The van der Waals surface area contributed by atoms with Crippen molar-refractivity contribution in [3.63, 3.8) is 0 Å². The van der Waals surface area contributed by atoms with Crippen LogP contribution in [0.4, 0.5) is 0 Å². The third kappa shape index (κ3) is 2.08. The summed E-state index contributed by atoms with van der Waals surface area (Å²) in [5, 5.41) is 0. The highest BCUT2D eigenvalue weighted by Crippen LogP contribution is 2.15. The second-order valence-electron chi connectivity index (χ2n) is 4.25. The van der Waals surface area contributed by atoms with Gasteiger partial charge in [0.25, 0.3) is 0 Å². The lowest BCUT2D eigenvalue weighted by Gasteiger charge is -2.43. The summed E-state index contributed by atoms with van der Waals surface area (Å²) in [5.74, 6) is 0. The van der Waals surface area contributed by atoms with Crippen LogP contribution in [0.25, 0.3) is 0 Å². The quantitative estimate of drug-likeness (QED) is 0.577. The average Bonchev–Trinajstić information content (AvgIpc) is 2.20. The molecule has 0 spiro atoms. The van der Waals surface area contributed by atoms with E-state index in [1.165, 1.54) is 0 Å². The van der Waals surface area contributed by atoms with Crippen LogP contribution in [-0.2, 0) is 9.47 Å². The Morgan fingerprint density at radius 1 is 0.857 bits per heavy atom. The molecule has 0 amide bonds. The first kappa shape index (κ1) is 10.4. The molecule has 2 aliphatic heterocycles. The van der Waals surface area contributed by atoms with Gasteiger partial charge in [-0.2, -0.15) is 0 Å². The summed E-state index contributed by atoms with van der Waals surface area (Å²) in [6.07, 6.45) is 0. The van der Waals surface area contributed by atoms with Crippen LogP contribution in [0.2, 0.25) is 0 Å². The zero-order chi connectivity index (χ0) is 9.97. The van der Waals surface area contributed by atoms with Gasteiger partial charge in [-0.05, 0) is 14.1 Å². The van der Waals surface area contributed by atoms with Gasteiger partial charge in [0.2, 0.25) is 0 Å². The van der Waals surface area contributed by atoms with E-state index in [1.807, 2.05) is 0 Å². The summed E-state index contributed by atoms with van der Waals surface area (Å²) >= 11 is 0. The van der Waals surface area contributed by atoms with Crippen LogP contribution in [0.3, 0.4) is 0 Å². The third-order valence-electron chi connectivity index (χ3n) is 3.33. The van der Waals surface area contributed by atoms with Crippen molar-refractivity contribution in [1.82, 2.24) is 9.80 Å². The van der Waals surface area contributed by atoms with E-state index in [2.05, 4.69) is 23.9 Å². The number of ether oxygens (including phenoxy) is 2. The molecular formula is C10H20N2O2. The standard InChI is InChI=1S/C10H20N2O2/c1-11-3-5-13-7-9(11)10-8-14-6-4-12(10)2/h9-10H,3-8H2,1-2H3. The van der Waals surface area contributed by atoms with Crippen molar-refractivity contribution in [3.8, 4) is 0 Å². The van der Waals surface area contributed by atoms with Gasteiger partial charge in [-0.15, -0.1) is 0 Å². The molecule has 82 valence electrons. The fraction of sp³-hybridized carbons (Fsp3) is 1.00. The zero-order valence-corrected chi connectivity index (χ0v) is 9.11. The fourth-order valence-electron chi connectivity index (χ4n) is 2.22. The van der Waals surface area contributed by atoms with Gasteiger partial charge in [-0.25, -0.2) is 0 Å². The van der Waals surface area contributed by atoms with Gasteiger partial charge in [0.1, 0.15) is 0 Å². The largest absolute Gasteiger partial charge is 0.378 e. The number of nitrogens with zero attached hydrogens (tertiary/aromatic N) is 2. The SMILES string of the molecule is CN1CCOCC1C1COCCN1C. The molecule has 2 unspecified atom stereocenters. The van der Waals surface area contributed by atoms with Crippen molar-refractivity contribution in [1.29, 1.82) is 0 Å². The zero-order valence-electron chi connectivity index (χ0n) is 9.11. The monoisotopic (exact) mass is 200 g/mol. The first-order chi connectivity index (χ1) is 6.79. The molecule has 0 radical (unpaired) electrons. The average molecular weight is 200 g/mol. The summed E-state index contributed by atoms with van der Waals surface area (Å²) < 4.78 is 11.1. The molecule has 0 aromatic carbocycles. The molecule has 0 aromatic heterocycles. The smallest absolute Gasteiger partial charge is 0.0638 e. The maximum atomic E-state index is 5.53.